The normalized spacial score (nSPS) is 51.9. The van der Waals surface area contributed by atoms with E-state index >= 15 is 0 Å². The van der Waals surface area contributed by atoms with Gasteiger partial charge < -0.3 is 0 Å². The zero-order valence-electron chi connectivity index (χ0n) is 12.0. The van der Waals surface area contributed by atoms with Crippen LogP contribution in [0.15, 0.2) is 0 Å². The Labute approximate surface area is 102 Å². The molecule has 94 valence electrons. The van der Waals surface area contributed by atoms with Gasteiger partial charge in [0.2, 0.25) is 0 Å². The van der Waals surface area contributed by atoms with Gasteiger partial charge in [-0.15, -0.1) is 0 Å². The molecule has 2 saturated carbocycles. The summed E-state index contributed by atoms with van der Waals surface area (Å²) in [5.74, 6) is 2.97. The van der Waals surface area contributed by atoms with Crippen LogP contribution in [0.5, 0.6) is 0 Å². The van der Waals surface area contributed by atoms with Crippen LogP contribution in [-0.4, -0.2) is 0 Å². The fourth-order valence-corrected chi connectivity index (χ4v) is 4.98. The molecule has 0 nitrogen and oxygen atoms in total. The molecule has 0 aromatic heterocycles. The van der Waals surface area contributed by atoms with Crippen molar-refractivity contribution < 1.29 is 0 Å². The Hall–Kier alpha value is 0. The van der Waals surface area contributed by atoms with Crippen molar-refractivity contribution in [3.05, 3.63) is 0 Å². The molecule has 1 spiro atoms. The summed E-state index contributed by atoms with van der Waals surface area (Å²) in [5.41, 5.74) is 1.37. The summed E-state index contributed by atoms with van der Waals surface area (Å²) in [6.07, 6.45) is 8.78. The van der Waals surface area contributed by atoms with Crippen molar-refractivity contribution in [2.24, 2.45) is 28.6 Å². The smallest absolute Gasteiger partial charge is 0.0210 e. The van der Waals surface area contributed by atoms with E-state index in [0.29, 0.717) is 5.41 Å². The lowest BCUT2D eigenvalue weighted by molar-refractivity contribution is -0.0139. The van der Waals surface area contributed by atoms with Crippen LogP contribution in [0.25, 0.3) is 0 Å². The quantitative estimate of drug-likeness (QED) is 0.610. The Morgan fingerprint density at radius 2 is 1.69 bits per heavy atom. The largest absolute Gasteiger partial charge is 0.0654 e. The third kappa shape index (κ3) is 1.56. The maximum absolute atomic E-state index is 2.59. The van der Waals surface area contributed by atoms with Crippen molar-refractivity contribution >= 4 is 0 Å². The molecule has 0 aromatic carbocycles. The monoisotopic (exact) mass is 222 g/mol. The highest BCUT2D eigenvalue weighted by Gasteiger charge is 2.64. The van der Waals surface area contributed by atoms with Gasteiger partial charge in [-0.2, -0.15) is 0 Å². The van der Waals surface area contributed by atoms with Crippen LogP contribution in [0.2, 0.25) is 0 Å². The van der Waals surface area contributed by atoms with Gasteiger partial charge in [0, 0.05) is 0 Å². The van der Waals surface area contributed by atoms with Crippen molar-refractivity contribution in [1.29, 1.82) is 0 Å². The van der Waals surface area contributed by atoms with Crippen LogP contribution in [0.1, 0.15) is 73.1 Å². The van der Waals surface area contributed by atoms with E-state index in [0.717, 1.165) is 23.2 Å². The van der Waals surface area contributed by atoms with Gasteiger partial charge >= 0.3 is 0 Å². The molecule has 0 heteroatoms. The van der Waals surface area contributed by atoms with Crippen LogP contribution in [0.3, 0.4) is 0 Å². The van der Waals surface area contributed by atoms with Gasteiger partial charge in [0.05, 0.1) is 0 Å². The highest BCUT2D eigenvalue weighted by atomic mass is 14.7. The molecule has 0 amide bonds. The second-order valence-corrected chi connectivity index (χ2v) is 7.03. The number of hydrogen-bond donors (Lipinski definition) is 0. The summed E-state index contributed by atoms with van der Waals surface area (Å²) in [4.78, 5) is 0. The lowest BCUT2D eigenvalue weighted by Gasteiger charge is -2.50. The molecular weight excluding hydrogens is 192 g/mol. The lowest BCUT2D eigenvalue weighted by Crippen LogP contribution is -2.42. The fourth-order valence-electron chi connectivity index (χ4n) is 4.98. The molecule has 5 unspecified atom stereocenters. The first-order valence-electron chi connectivity index (χ1n) is 7.50. The summed E-state index contributed by atoms with van der Waals surface area (Å²) in [6.45, 7) is 12.4. The maximum Gasteiger partial charge on any atom is -0.0210 e. The minimum Gasteiger partial charge on any atom is -0.0654 e. The average Bonchev–Trinajstić information content (AvgIpc) is 2.87. The van der Waals surface area contributed by atoms with E-state index < -0.39 is 0 Å². The number of hydrogen-bond acceptors (Lipinski definition) is 0. The Morgan fingerprint density at radius 1 is 1.06 bits per heavy atom. The first kappa shape index (κ1) is 12.5. The molecule has 0 N–H and O–H groups in total. The maximum atomic E-state index is 2.59. The third-order valence-electron chi connectivity index (χ3n) is 6.45. The van der Waals surface area contributed by atoms with Crippen LogP contribution in [0, 0.1) is 28.6 Å². The van der Waals surface area contributed by atoms with E-state index in [4.69, 9.17) is 0 Å². The van der Waals surface area contributed by atoms with Gasteiger partial charge in [-0.1, -0.05) is 47.5 Å². The second kappa shape index (κ2) is 4.03. The van der Waals surface area contributed by atoms with Crippen molar-refractivity contribution in [2.75, 3.05) is 0 Å². The predicted octanol–water partition coefficient (Wildman–Crippen LogP) is 5.28. The highest BCUT2D eigenvalue weighted by Crippen LogP contribution is 2.73. The zero-order chi connectivity index (χ0) is 12.0. The Bertz CT molecular complexity index is 257. The molecule has 16 heavy (non-hydrogen) atoms. The summed E-state index contributed by atoms with van der Waals surface area (Å²) < 4.78 is 0. The van der Waals surface area contributed by atoms with Crippen molar-refractivity contribution in [2.45, 2.75) is 73.1 Å². The lowest BCUT2D eigenvalue weighted by atomic mass is 9.54. The van der Waals surface area contributed by atoms with Gasteiger partial charge in [0.25, 0.3) is 0 Å². The van der Waals surface area contributed by atoms with E-state index in [1.807, 2.05) is 0 Å². The predicted molar refractivity (Wildman–Crippen MR) is 71.4 cm³/mol. The zero-order valence-corrected chi connectivity index (χ0v) is 12.0. The molecule has 0 saturated heterocycles. The molecule has 2 aliphatic carbocycles. The van der Waals surface area contributed by atoms with Crippen molar-refractivity contribution in [1.82, 2.24) is 0 Å². The minimum atomic E-state index is 0.636. The van der Waals surface area contributed by atoms with Gasteiger partial charge in [-0.3, -0.25) is 0 Å². The highest BCUT2D eigenvalue weighted by molar-refractivity contribution is 5.13. The first-order chi connectivity index (χ1) is 7.50. The van der Waals surface area contributed by atoms with Gasteiger partial charge in [0.1, 0.15) is 0 Å². The summed E-state index contributed by atoms with van der Waals surface area (Å²) in [7, 11) is 0. The molecule has 2 fully saturated rings. The Morgan fingerprint density at radius 3 is 2.12 bits per heavy atom. The third-order valence-corrected chi connectivity index (χ3v) is 6.45. The SMILES string of the molecule is CCCC1CC(C)C(C)(CC)C2(C1)CC2C. The van der Waals surface area contributed by atoms with Crippen LogP contribution in [-0.2, 0) is 0 Å². The van der Waals surface area contributed by atoms with Gasteiger partial charge in [0.15, 0.2) is 0 Å². The van der Waals surface area contributed by atoms with Crippen molar-refractivity contribution in [3.63, 3.8) is 0 Å². The van der Waals surface area contributed by atoms with Crippen LogP contribution < -0.4 is 0 Å². The number of rotatable bonds is 3. The van der Waals surface area contributed by atoms with E-state index in [9.17, 15) is 0 Å². The van der Waals surface area contributed by atoms with Crippen LogP contribution >= 0.6 is 0 Å². The summed E-state index contributed by atoms with van der Waals surface area (Å²) >= 11 is 0. The van der Waals surface area contributed by atoms with Crippen LogP contribution in [0.4, 0.5) is 0 Å². The molecule has 0 aliphatic heterocycles. The molecule has 0 aromatic rings. The van der Waals surface area contributed by atoms with E-state index in [1.54, 1.807) is 0 Å². The second-order valence-electron chi connectivity index (χ2n) is 7.03. The molecule has 0 heterocycles. The topological polar surface area (TPSA) is 0 Å². The Kier molecular flexibility index (Phi) is 3.14. The van der Waals surface area contributed by atoms with E-state index in [-0.39, 0.29) is 0 Å². The summed E-state index contributed by atoms with van der Waals surface area (Å²) in [6, 6.07) is 0. The molecular formula is C16H30. The fraction of sp³-hybridized carbons (Fsp3) is 1.00. The molecule has 0 bridgehead atoms. The first-order valence-corrected chi connectivity index (χ1v) is 7.50. The Balaban J connectivity index is 2.18. The molecule has 2 rings (SSSR count). The average molecular weight is 222 g/mol. The van der Waals surface area contributed by atoms with Gasteiger partial charge in [-0.05, 0) is 54.3 Å². The summed E-state index contributed by atoms with van der Waals surface area (Å²) in [5, 5.41) is 0. The van der Waals surface area contributed by atoms with Gasteiger partial charge in [-0.25, -0.2) is 0 Å². The van der Waals surface area contributed by atoms with Crippen molar-refractivity contribution in [3.8, 4) is 0 Å². The minimum absolute atomic E-state index is 0.636. The van der Waals surface area contributed by atoms with E-state index in [1.165, 1.54) is 38.5 Å². The standard InChI is InChI=1S/C16H30/c1-6-8-14-9-12(3)15(5,7-2)16(11-14)10-13(16)4/h12-14H,6-11H2,1-5H3. The molecule has 2 aliphatic rings. The molecule has 5 atom stereocenters. The molecule has 0 radical (unpaired) electrons. The van der Waals surface area contributed by atoms with E-state index in [2.05, 4.69) is 34.6 Å².